The molecule has 4 atom stereocenters. The molecule has 0 bridgehead atoms. The third-order valence-corrected chi connectivity index (χ3v) is 15.0. The molecular weight excluding hydrogens is 839 g/mol. The molecular formula is C62H123NO5. The van der Waals surface area contributed by atoms with Crippen LogP contribution in [0.2, 0.25) is 0 Å². The molecule has 0 aliphatic rings. The van der Waals surface area contributed by atoms with Crippen LogP contribution in [0.3, 0.4) is 0 Å². The Labute approximate surface area is 425 Å². The normalized spacial score (nSPS) is 13.7. The van der Waals surface area contributed by atoms with Gasteiger partial charge < -0.3 is 25.7 Å². The summed E-state index contributed by atoms with van der Waals surface area (Å²) in [7, 11) is 0. The van der Waals surface area contributed by atoms with Crippen LogP contribution >= 0.6 is 0 Å². The number of rotatable bonds is 58. The Bertz CT molecular complexity index is 990. The standard InChI is InChI=1S/C62H123NO5/c1-3-5-7-9-11-13-15-17-19-21-23-25-27-29-30-31-32-34-35-37-39-41-43-45-47-49-51-53-55-59(65)61(67)58(57-64)63-62(68)60(66)56-54-52-50-48-46-44-42-40-38-36-33-28-26-24-22-20-18-16-14-12-10-8-6-4-2/h47,49,58-61,64-67H,3-46,48,50-57H2,1-2H3,(H,63,68)/b49-47+. The number of amides is 1. The van der Waals surface area contributed by atoms with Crippen LogP contribution < -0.4 is 5.32 Å². The lowest BCUT2D eigenvalue weighted by atomic mass is 10.00. The average molecular weight is 963 g/mol. The number of aliphatic hydroxyl groups excluding tert-OH is 4. The summed E-state index contributed by atoms with van der Waals surface area (Å²) in [6, 6.07) is -0.999. The summed E-state index contributed by atoms with van der Waals surface area (Å²) in [5.74, 6) is -0.585. The summed E-state index contributed by atoms with van der Waals surface area (Å²) in [5.41, 5.74) is 0. The second-order valence-corrected chi connectivity index (χ2v) is 21.8. The van der Waals surface area contributed by atoms with Crippen LogP contribution in [0, 0.1) is 0 Å². The Morgan fingerprint density at radius 1 is 0.353 bits per heavy atom. The molecule has 5 N–H and O–H groups in total. The van der Waals surface area contributed by atoms with Gasteiger partial charge in [0.25, 0.3) is 0 Å². The second kappa shape index (κ2) is 57.0. The molecule has 0 aromatic rings. The molecule has 0 rings (SSSR count). The van der Waals surface area contributed by atoms with Crippen molar-refractivity contribution in [1.82, 2.24) is 5.32 Å². The molecule has 0 aliphatic carbocycles. The van der Waals surface area contributed by atoms with Gasteiger partial charge in [0.05, 0.1) is 18.8 Å². The van der Waals surface area contributed by atoms with E-state index in [4.69, 9.17) is 0 Å². The number of aliphatic hydroxyl groups is 4. The van der Waals surface area contributed by atoms with Crippen molar-refractivity contribution < 1.29 is 25.2 Å². The summed E-state index contributed by atoms with van der Waals surface area (Å²) in [6.45, 7) is 4.10. The van der Waals surface area contributed by atoms with Crippen LogP contribution in [-0.4, -0.2) is 57.3 Å². The molecule has 0 fully saturated rings. The van der Waals surface area contributed by atoms with E-state index in [2.05, 4.69) is 31.3 Å². The fourth-order valence-corrected chi connectivity index (χ4v) is 10.1. The maximum atomic E-state index is 12.6. The van der Waals surface area contributed by atoms with Gasteiger partial charge in [-0.25, -0.2) is 0 Å². The highest BCUT2D eigenvalue weighted by molar-refractivity contribution is 5.80. The molecule has 6 heteroatoms. The third kappa shape index (κ3) is 50.0. The van der Waals surface area contributed by atoms with Crippen molar-refractivity contribution >= 4 is 5.91 Å². The summed E-state index contributed by atoms with van der Waals surface area (Å²) < 4.78 is 0. The zero-order chi connectivity index (χ0) is 49.5. The van der Waals surface area contributed by atoms with Gasteiger partial charge in [0, 0.05) is 0 Å². The van der Waals surface area contributed by atoms with Crippen LogP contribution in [0.25, 0.3) is 0 Å². The van der Waals surface area contributed by atoms with Crippen molar-refractivity contribution in [2.75, 3.05) is 6.61 Å². The van der Waals surface area contributed by atoms with Crippen molar-refractivity contribution in [3.05, 3.63) is 12.2 Å². The number of carbonyl (C=O) groups is 1. The lowest BCUT2D eigenvalue weighted by Gasteiger charge is -2.27. The van der Waals surface area contributed by atoms with Crippen molar-refractivity contribution in [2.24, 2.45) is 0 Å². The first-order valence-electron chi connectivity index (χ1n) is 31.1. The largest absolute Gasteiger partial charge is 0.394 e. The van der Waals surface area contributed by atoms with Gasteiger partial charge in [-0.15, -0.1) is 0 Å². The first-order chi connectivity index (χ1) is 33.5. The summed E-state index contributed by atoms with van der Waals surface area (Å²) in [4.78, 5) is 12.6. The Kier molecular flexibility index (Phi) is 56.2. The number of unbranched alkanes of at least 4 members (excludes halogenated alkanes) is 47. The van der Waals surface area contributed by atoms with Crippen LogP contribution in [0.1, 0.15) is 348 Å². The van der Waals surface area contributed by atoms with Crippen molar-refractivity contribution in [3.8, 4) is 0 Å². The predicted octanol–water partition coefficient (Wildman–Crippen LogP) is 18.4. The summed E-state index contributed by atoms with van der Waals surface area (Å²) in [6.07, 6.45) is 68.8. The van der Waals surface area contributed by atoms with Gasteiger partial charge in [-0.3, -0.25) is 4.79 Å². The molecule has 0 radical (unpaired) electrons. The molecule has 6 nitrogen and oxygen atoms in total. The van der Waals surface area contributed by atoms with Crippen molar-refractivity contribution in [2.45, 2.75) is 372 Å². The van der Waals surface area contributed by atoms with E-state index in [1.54, 1.807) is 0 Å². The van der Waals surface area contributed by atoms with E-state index in [1.807, 2.05) is 0 Å². The molecule has 0 heterocycles. The first kappa shape index (κ1) is 67.0. The summed E-state index contributed by atoms with van der Waals surface area (Å²) in [5, 5.41) is 44.1. The van der Waals surface area contributed by atoms with E-state index in [1.165, 1.54) is 283 Å². The fraction of sp³-hybridized carbons (Fsp3) is 0.952. The van der Waals surface area contributed by atoms with E-state index >= 15 is 0 Å². The highest BCUT2D eigenvalue weighted by Gasteiger charge is 2.28. The molecule has 4 unspecified atom stereocenters. The first-order valence-corrected chi connectivity index (χ1v) is 31.1. The van der Waals surface area contributed by atoms with Crippen molar-refractivity contribution in [1.29, 1.82) is 0 Å². The maximum absolute atomic E-state index is 12.6. The maximum Gasteiger partial charge on any atom is 0.249 e. The number of allylic oxidation sites excluding steroid dienone is 2. The Morgan fingerprint density at radius 3 is 0.882 bits per heavy atom. The lowest BCUT2D eigenvalue weighted by molar-refractivity contribution is -0.132. The number of hydrogen-bond acceptors (Lipinski definition) is 5. The Hall–Kier alpha value is -0.950. The minimum atomic E-state index is -1.28. The van der Waals surface area contributed by atoms with E-state index < -0.39 is 36.9 Å². The molecule has 0 aromatic carbocycles. The molecule has 406 valence electrons. The number of carbonyl (C=O) groups excluding carboxylic acids is 1. The molecule has 0 aliphatic heterocycles. The lowest BCUT2D eigenvalue weighted by Crippen LogP contribution is -2.53. The molecule has 0 saturated heterocycles. The van der Waals surface area contributed by atoms with E-state index in [9.17, 15) is 25.2 Å². The predicted molar refractivity (Wildman–Crippen MR) is 298 cm³/mol. The molecule has 1 amide bonds. The Balaban J connectivity index is 3.59. The van der Waals surface area contributed by atoms with Crippen LogP contribution in [-0.2, 0) is 4.79 Å². The van der Waals surface area contributed by atoms with Gasteiger partial charge in [-0.05, 0) is 38.5 Å². The van der Waals surface area contributed by atoms with Gasteiger partial charge >= 0.3 is 0 Å². The van der Waals surface area contributed by atoms with Gasteiger partial charge in [0.15, 0.2) is 0 Å². The smallest absolute Gasteiger partial charge is 0.249 e. The second-order valence-electron chi connectivity index (χ2n) is 21.8. The van der Waals surface area contributed by atoms with E-state index in [0.29, 0.717) is 12.8 Å². The molecule has 68 heavy (non-hydrogen) atoms. The average Bonchev–Trinajstić information content (AvgIpc) is 3.34. The minimum absolute atomic E-state index is 0.369. The van der Waals surface area contributed by atoms with E-state index in [-0.39, 0.29) is 0 Å². The fourth-order valence-electron chi connectivity index (χ4n) is 10.1. The van der Waals surface area contributed by atoms with Gasteiger partial charge in [0.1, 0.15) is 12.2 Å². The third-order valence-electron chi connectivity index (χ3n) is 15.0. The van der Waals surface area contributed by atoms with Crippen molar-refractivity contribution in [3.63, 3.8) is 0 Å². The van der Waals surface area contributed by atoms with Gasteiger partial charge in [-0.2, -0.15) is 0 Å². The van der Waals surface area contributed by atoms with Crippen LogP contribution in [0.4, 0.5) is 0 Å². The zero-order valence-electron chi connectivity index (χ0n) is 46.1. The van der Waals surface area contributed by atoms with Crippen LogP contribution in [0.5, 0.6) is 0 Å². The molecule has 0 saturated carbocycles. The number of hydrogen-bond donors (Lipinski definition) is 5. The van der Waals surface area contributed by atoms with Gasteiger partial charge in [0.2, 0.25) is 5.91 Å². The number of nitrogens with one attached hydrogen (secondary N) is 1. The monoisotopic (exact) mass is 962 g/mol. The van der Waals surface area contributed by atoms with E-state index in [0.717, 1.165) is 38.5 Å². The highest BCUT2D eigenvalue weighted by atomic mass is 16.3. The Morgan fingerprint density at radius 2 is 0.603 bits per heavy atom. The molecule has 0 aromatic heterocycles. The van der Waals surface area contributed by atoms with Crippen LogP contribution in [0.15, 0.2) is 12.2 Å². The highest BCUT2D eigenvalue weighted by Crippen LogP contribution is 2.19. The SMILES string of the molecule is CCCCCCCCCCCCCCCCCCCCCCCCC/C=C/CCCC(O)C(O)C(CO)NC(=O)C(O)CCCCCCCCCCCCCCCCCCCCCCCCCC. The molecule has 0 spiro atoms. The van der Waals surface area contributed by atoms with Gasteiger partial charge in [-0.1, -0.05) is 321 Å². The topological polar surface area (TPSA) is 110 Å². The minimum Gasteiger partial charge on any atom is -0.394 e. The summed E-state index contributed by atoms with van der Waals surface area (Å²) >= 11 is 0. The quantitative estimate of drug-likeness (QED) is 0.0308. The zero-order valence-corrected chi connectivity index (χ0v) is 46.1.